The molecule has 126 valence electrons. The van der Waals surface area contributed by atoms with Gasteiger partial charge in [-0.1, -0.05) is 22.9 Å². The number of benzene rings is 2. The molecule has 6 heteroatoms. The second kappa shape index (κ2) is 8.49. The fourth-order valence-electron chi connectivity index (χ4n) is 2.00. The zero-order valence-corrected chi connectivity index (χ0v) is 15.1. The molecule has 0 unspecified atom stereocenters. The van der Waals surface area contributed by atoms with Crippen molar-refractivity contribution >= 4 is 39.1 Å². The lowest BCUT2D eigenvalue weighted by molar-refractivity contribution is -0.118. The summed E-state index contributed by atoms with van der Waals surface area (Å²) in [5, 5.41) is 5.50. The van der Waals surface area contributed by atoms with Crippen LogP contribution in [0.5, 0.6) is 5.75 Å². The van der Waals surface area contributed by atoms with Crippen LogP contribution in [0.1, 0.15) is 18.9 Å². The Bertz CT molecular complexity index is 730. The normalized spacial score (nSPS) is 10.1. The molecule has 2 rings (SSSR count). The Kier molecular flexibility index (Phi) is 6.37. The van der Waals surface area contributed by atoms with Crippen molar-refractivity contribution in [2.75, 3.05) is 17.2 Å². The molecule has 0 aliphatic carbocycles. The lowest BCUT2D eigenvalue weighted by Gasteiger charge is -2.10. The largest absolute Gasteiger partial charge is 0.483 e. The van der Waals surface area contributed by atoms with Crippen LogP contribution in [0.4, 0.5) is 11.4 Å². The summed E-state index contributed by atoms with van der Waals surface area (Å²) in [5.74, 6) is 0.374. The number of aryl methyl sites for hydroxylation is 1. The molecule has 0 saturated heterocycles. The number of rotatable bonds is 6. The van der Waals surface area contributed by atoms with Crippen LogP contribution in [-0.2, 0) is 9.59 Å². The van der Waals surface area contributed by atoms with Gasteiger partial charge in [0.15, 0.2) is 6.61 Å². The fourth-order valence-corrected chi connectivity index (χ4v) is 2.48. The zero-order chi connectivity index (χ0) is 17.5. The Balaban J connectivity index is 1.86. The highest BCUT2D eigenvalue weighted by molar-refractivity contribution is 9.10. The second-order valence-electron chi connectivity index (χ2n) is 5.23. The molecular formula is C18H19BrN2O3. The molecule has 2 aromatic rings. The summed E-state index contributed by atoms with van der Waals surface area (Å²) >= 11 is 3.38. The number of carbonyl (C=O) groups excluding carboxylic acids is 2. The molecular weight excluding hydrogens is 372 g/mol. The molecule has 0 aliphatic rings. The third-order valence-electron chi connectivity index (χ3n) is 3.27. The Morgan fingerprint density at radius 2 is 1.58 bits per heavy atom. The molecule has 24 heavy (non-hydrogen) atoms. The molecule has 5 nitrogen and oxygen atoms in total. The van der Waals surface area contributed by atoms with E-state index in [9.17, 15) is 9.59 Å². The Morgan fingerprint density at radius 1 is 1.00 bits per heavy atom. The van der Waals surface area contributed by atoms with E-state index in [0.717, 1.165) is 10.0 Å². The van der Waals surface area contributed by atoms with Crippen LogP contribution in [-0.4, -0.2) is 18.4 Å². The van der Waals surface area contributed by atoms with Crippen molar-refractivity contribution in [1.82, 2.24) is 0 Å². The molecule has 0 heterocycles. The van der Waals surface area contributed by atoms with E-state index in [-0.39, 0.29) is 18.4 Å². The van der Waals surface area contributed by atoms with Crippen molar-refractivity contribution in [3.8, 4) is 5.75 Å². The molecule has 2 N–H and O–H groups in total. The number of ether oxygens (including phenoxy) is 1. The first-order valence-corrected chi connectivity index (χ1v) is 8.36. The maximum Gasteiger partial charge on any atom is 0.262 e. The minimum Gasteiger partial charge on any atom is -0.483 e. The fraction of sp³-hybridized carbons (Fsp3) is 0.222. The summed E-state index contributed by atoms with van der Waals surface area (Å²) in [6.07, 6.45) is 0.422. The second-order valence-corrected chi connectivity index (χ2v) is 6.14. The number of hydrogen-bond donors (Lipinski definition) is 2. The van der Waals surface area contributed by atoms with E-state index in [1.54, 1.807) is 31.2 Å². The van der Waals surface area contributed by atoms with Crippen molar-refractivity contribution < 1.29 is 14.3 Å². The topological polar surface area (TPSA) is 67.4 Å². The van der Waals surface area contributed by atoms with Gasteiger partial charge in [-0.2, -0.15) is 0 Å². The first kappa shape index (κ1) is 18.0. The zero-order valence-electron chi connectivity index (χ0n) is 13.6. The minimum atomic E-state index is -0.248. The van der Waals surface area contributed by atoms with E-state index < -0.39 is 0 Å². The van der Waals surface area contributed by atoms with Crippen LogP contribution in [0, 0.1) is 6.92 Å². The number of anilines is 2. The van der Waals surface area contributed by atoms with Gasteiger partial charge < -0.3 is 15.4 Å². The average molecular weight is 391 g/mol. The van der Waals surface area contributed by atoms with Gasteiger partial charge >= 0.3 is 0 Å². The number of carbonyl (C=O) groups is 2. The van der Waals surface area contributed by atoms with E-state index in [4.69, 9.17) is 4.74 Å². The number of amides is 2. The number of nitrogens with one attached hydrogen (secondary N) is 2. The Morgan fingerprint density at radius 3 is 2.12 bits per heavy atom. The number of hydrogen-bond acceptors (Lipinski definition) is 3. The van der Waals surface area contributed by atoms with Crippen LogP contribution in [0.3, 0.4) is 0 Å². The molecule has 0 saturated carbocycles. The summed E-state index contributed by atoms with van der Waals surface area (Å²) in [4.78, 5) is 23.3. The Labute approximate surface area is 149 Å². The van der Waals surface area contributed by atoms with Gasteiger partial charge in [-0.05, 0) is 55.0 Å². The van der Waals surface area contributed by atoms with Crippen LogP contribution in [0.15, 0.2) is 46.9 Å². The number of halogens is 1. The SMILES string of the molecule is CCC(=O)Nc1ccc(NC(=O)COc2ccc(Br)cc2C)cc1. The Hall–Kier alpha value is -2.34. The minimum absolute atomic E-state index is 0.0509. The van der Waals surface area contributed by atoms with Crippen molar-refractivity contribution in [1.29, 1.82) is 0 Å². The van der Waals surface area contributed by atoms with Gasteiger partial charge in [-0.25, -0.2) is 0 Å². The standard InChI is InChI=1S/C18H19BrN2O3/c1-3-17(22)20-14-5-7-15(8-6-14)21-18(23)11-24-16-9-4-13(19)10-12(16)2/h4-10H,3,11H2,1-2H3,(H,20,22)(H,21,23). The molecule has 2 aromatic carbocycles. The van der Waals surface area contributed by atoms with E-state index in [0.29, 0.717) is 23.5 Å². The van der Waals surface area contributed by atoms with Gasteiger partial charge in [0.05, 0.1) is 0 Å². The third kappa shape index (κ3) is 5.38. The van der Waals surface area contributed by atoms with Gasteiger partial charge in [0.2, 0.25) is 5.91 Å². The van der Waals surface area contributed by atoms with Gasteiger partial charge in [0.1, 0.15) is 5.75 Å². The van der Waals surface area contributed by atoms with E-state index in [2.05, 4.69) is 26.6 Å². The highest BCUT2D eigenvalue weighted by Crippen LogP contribution is 2.22. The molecule has 0 spiro atoms. The highest BCUT2D eigenvalue weighted by atomic mass is 79.9. The lowest BCUT2D eigenvalue weighted by Crippen LogP contribution is -2.20. The highest BCUT2D eigenvalue weighted by Gasteiger charge is 2.06. The van der Waals surface area contributed by atoms with Gasteiger partial charge in [0, 0.05) is 22.3 Å². The molecule has 0 aliphatic heterocycles. The van der Waals surface area contributed by atoms with Gasteiger partial charge in [-0.15, -0.1) is 0 Å². The molecule has 2 amide bonds. The monoisotopic (exact) mass is 390 g/mol. The van der Waals surface area contributed by atoms with Crippen molar-refractivity contribution in [2.45, 2.75) is 20.3 Å². The first-order chi connectivity index (χ1) is 11.5. The smallest absolute Gasteiger partial charge is 0.262 e. The van der Waals surface area contributed by atoms with Crippen LogP contribution >= 0.6 is 15.9 Å². The van der Waals surface area contributed by atoms with Crippen molar-refractivity contribution in [3.63, 3.8) is 0 Å². The summed E-state index contributed by atoms with van der Waals surface area (Å²) < 4.78 is 6.49. The molecule has 0 bridgehead atoms. The summed E-state index contributed by atoms with van der Waals surface area (Å²) in [5.41, 5.74) is 2.29. The van der Waals surface area contributed by atoms with Crippen LogP contribution in [0.25, 0.3) is 0 Å². The van der Waals surface area contributed by atoms with E-state index >= 15 is 0 Å². The van der Waals surface area contributed by atoms with E-state index in [1.807, 2.05) is 25.1 Å². The molecule has 0 fully saturated rings. The molecule has 0 radical (unpaired) electrons. The van der Waals surface area contributed by atoms with Gasteiger partial charge in [0.25, 0.3) is 5.91 Å². The van der Waals surface area contributed by atoms with E-state index in [1.165, 1.54) is 0 Å². The predicted molar refractivity (Wildman–Crippen MR) is 98.4 cm³/mol. The summed E-state index contributed by atoms with van der Waals surface area (Å²) in [6.45, 7) is 3.63. The van der Waals surface area contributed by atoms with Crippen LogP contribution < -0.4 is 15.4 Å². The maximum atomic E-state index is 12.0. The molecule has 0 atom stereocenters. The van der Waals surface area contributed by atoms with Crippen molar-refractivity contribution in [3.05, 3.63) is 52.5 Å². The first-order valence-electron chi connectivity index (χ1n) is 7.56. The predicted octanol–water partition coefficient (Wildman–Crippen LogP) is 4.12. The third-order valence-corrected chi connectivity index (χ3v) is 3.76. The summed E-state index contributed by atoms with van der Waals surface area (Å²) in [7, 11) is 0. The van der Waals surface area contributed by atoms with Crippen LogP contribution in [0.2, 0.25) is 0 Å². The van der Waals surface area contributed by atoms with Crippen molar-refractivity contribution in [2.24, 2.45) is 0 Å². The summed E-state index contributed by atoms with van der Waals surface area (Å²) in [6, 6.07) is 12.5. The average Bonchev–Trinajstić information content (AvgIpc) is 2.55. The lowest BCUT2D eigenvalue weighted by atomic mass is 10.2. The van der Waals surface area contributed by atoms with Gasteiger partial charge in [-0.3, -0.25) is 9.59 Å². The maximum absolute atomic E-state index is 12.0. The molecule has 0 aromatic heterocycles. The quantitative estimate of drug-likeness (QED) is 0.779.